The summed E-state index contributed by atoms with van der Waals surface area (Å²) in [5.41, 5.74) is 2.38. The molecule has 35 heavy (non-hydrogen) atoms. The number of carbonyl (C=O) groups is 1. The van der Waals surface area contributed by atoms with E-state index in [4.69, 9.17) is 9.47 Å². The van der Waals surface area contributed by atoms with Gasteiger partial charge in [0.1, 0.15) is 18.9 Å². The Morgan fingerprint density at radius 3 is 2.60 bits per heavy atom. The molecule has 5 nitrogen and oxygen atoms in total. The molecule has 5 atom stereocenters. The van der Waals surface area contributed by atoms with Crippen LogP contribution >= 0.6 is 23.1 Å². The molecule has 0 spiro atoms. The van der Waals surface area contributed by atoms with Gasteiger partial charge in [0.15, 0.2) is 0 Å². The molecule has 7 heteroatoms. The van der Waals surface area contributed by atoms with Crippen LogP contribution in [0.15, 0.2) is 64.4 Å². The van der Waals surface area contributed by atoms with E-state index in [-0.39, 0.29) is 23.3 Å². The highest BCUT2D eigenvalue weighted by Gasteiger charge is 2.55. The summed E-state index contributed by atoms with van der Waals surface area (Å²) < 4.78 is 12.8. The SMILES string of the molecule is CCOC(=O)Cn1c2c(sc1=O)C(c1ccc(OCc3ccccc3)cc1)C1C3CCC(C3)C1S2. The second kappa shape index (κ2) is 9.51. The molecule has 0 radical (unpaired) electrons. The van der Waals surface area contributed by atoms with Crippen molar-refractivity contribution < 1.29 is 14.3 Å². The molecule has 0 saturated heterocycles. The molecule has 6 rings (SSSR count). The number of benzene rings is 2. The van der Waals surface area contributed by atoms with Gasteiger partial charge in [0.2, 0.25) is 0 Å². The van der Waals surface area contributed by atoms with Crippen molar-refractivity contribution in [2.24, 2.45) is 17.8 Å². The average Bonchev–Trinajstić information content (AvgIpc) is 3.57. The van der Waals surface area contributed by atoms with Crippen LogP contribution in [-0.2, 0) is 22.7 Å². The second-order valence-corrected chi connectivity index (χ2v) is 11.9. The number of hydrogen-bond donors (Lipinski definition) is 0. The molecule has 2 aliphatic carbocycles. The summed E-state index contributed by atoms with van der Waals surface area (Å²) in [5, 5.41) is 1.49. The first-order chi connectivity index (χ1) is 17.1. The number of esters is 1. The summed E-state index contributed by atoms with van der Waals surface area (Å²) in [4.78, 5) is 26.4. The van der Waals surface area contributed by atoms with Crippen molar-refractivity contribution in [3.63, 3.8) is 0 Å². The van der Waals surface area contributed by atoms with Crippen molar-refractivity contribution in [3.05, 3.63) is 80.3 Å². The molecule has 2 fully saturated rings. The monoisotopic (exact) mass is 507 g/mol. The Bertz CT molecular complexity index is 1270. The predicted molar refractivity (Wildman–Crippen MR) is 138 cm³/mol. The summed E-state index contributed by atoms with van der Waals surface area (Å²) in [6, 6.07) is 18.6. The second-order valence-electron chi connectivity index (χ2n) is 9.74. The number of nitrogens with zero attached hydrogens (tertiary/aromatic N) is 1. The molecule has 1 aliphatic heterocycles. The topological polar surface area (TPSA) is 57.5 Å². The van der Waals surface area contributed by atoms with Crippen molar-refractivity contribution >= 4 is 29.1 Å². The Morgan fingerprint density at radius 2 is 1.83 bits per heavy atom. The molecule has 0 amide bonds. The maximum Gasteiger partial charge on any atom is 0.326 e. The lowest BCUT2D eigenvalue weighted by molar-refractivity contribution is -0.144. The fourth-order valence-electron chi connectivity index (χ4n) is 6.31. The van der Waals surface area contributed by atoms with Gasteiger partial charge in [-0.15, -0.1) is 11.8 Å². The largest absolute Gasteiger partial charge is 0.489 e. The number of ether oxygens (including phenoxy) is 2. The van der Waals surface area contributed by atoms with Gasteiger partial charge in [-0.25, -0.2) is 0 Å². The summed E-state index contributed by atoms with van der Waals surface area (Å²) >= 11 is 3.16. The van der Waals surface area contributed by atoms with E-state index in [1.165, 1.54) is 36.2 Å². The third-order valence-corrected chi connectivity index (χ3v) is 10.6. The minimum Gasteiger partial charge on any atom is -0.489 e. The van der Waals surface area contributed by atoms with E-state index in [9.17, 15) is 9.59 Å². The lowest BCUT2D eigenvalue weighted by atomic mass is 9.75. The highest BCUT2D eigenvalue weighted by molar-refractivity contribution is 8.00. The first-order valence-electron chi connectivity index (χ1n) is 12.4. The third kappa shape index (κ3) is 4.23. The number of hydrogen-bond acceptors (Lipinski definition) is 6. The first kappa shape index (κ1) is 22.9. The van der Waals surface area contributed by atoms with E-state index in [2.05, 4.69) is 36.4 Å². The van der Waals surface area contributed by atoms with Crippen LogP contribution in [0.5, 0.6) is 5.75 Å². The standard InChI is InChI=1S/C28H29NO4S2/c1-2-32-22(30)15-29-27-26(35-28(29)31)23(24-19-8-9-20(14-19)25(24)34-27)18-10-12-21(13-11-18)33-16-17-6-4-3-5-7-17/h3-7,10-13,19-20,23-25H,2,8-9,14-16H2,1H3. The van der Waals surface area contributed by atoms with E-state index in [0.717, 1.165) is 21.2 Å². The van der Waals surface area contributed by atoms with E-state index < -0.39 is 0 Å². The minimum atomic E-state index is -0.345. The molecule has 3 aliphatic rings. The van der Waals surface area contributed by atoms with Gasteiger partial charge in [-0.05, 0) is 67.2 Å². The van der Waals surface area contributed by atoms with E-state index >= 15 is 0 Å². The van der Waals surface area contributed by atoms with Crippen LogP contribution in [0.4, 0.5) is 0 Å². The van der Waals surface area contributed by atoms with E-state index in [0.29, 0.717) is 36.2 Å². The summed E-state index contributed by atoms with van der Waals surface area (Å²) in [7, 11) is 0. The fraction of sp³-hybridized carbons (Fsp3) is 0.429. The lowest BCUT2D eigenvalue weighted by Gasteiger charge is -2.40. The smallest absolute Gasteiger partial charge is 0.326 e. The molecule has 2 aromatic carbocycles. The number of thiazole rings is 1. The summed E-state index contributed by atoms with van der Waals surface area (Å²) in [5.74, 6) is 2.64. The Labute approximate surface area is 213 Å². The summed E-state index contributed by atoms with van der Waals surface area (Å²) in [6.07, 6.45) is 3.85. The van der Waals surface area contributed by atoms with Gasteiger partial charge in [-0.2, -0.15) is 0 Å². The molecule has 182 valence electrons. The molecule has 0 N–H and O–H groups in total. The van der Waals surface area contributed by atoms with Crippen LogP contribution < -0.4 is 9.61 Å². The maximum absolute atomic E-state index is 13.0. The normalized spacial score (nSPS) is 26.3. The molecule has 5 unspecified atom stereocenters. The Morgan fingerprint density at radius 1 is 1.06 bits per heavy atom. The lowest BCUT2D eigenvalue weighted by Crippen LogP contribution is -2.34. The van der Waals surface area contributed by atoms with Gasteiger partial charge < -0.3 is 9.47 Å². The predicted octanol–water partition coefficient (Wildman–Crippen LogP) is 5.70. The number of thioether (sulfide) groups is 1. The van der Waals surface area contributed by atoms with Crippen molar-refractivity contribution in [2.75, 3.05) is 6.61 Å². The van der Waals surface area contributed by atoms with Gasteiger partial charge in [0.25, 0.3) is 0 Å². The highest BCUT2D eigenvalue weighted by atomic mass is 32.2. The van der Waals surface area contributed by atoms with Crippen LogP contribution in [0.3, 0.4) is 0 Å². The molecular weight excluding hydrogens is 478 g/mol. The fourth-order valence-corrected chi connectivity index (χ4v) is 9.46. The molecule has 2 saturated carbocycles. The number of aromatic nitrogens is 1. The van der Waals surface area contributed by atoms with E-state index in [1.54, 1.807) is 11.5 Å². The van der Waals surface area contributed by atoms with Gasteiger partial charge in [-0.1, -0.05) is 53.8 Å². The highest BCUT2D eigenvalue weighted by Crippen LogP contribution is 2.64. The molecule has 1 aromatic heterocycles. The summed E-state index contributed by atoms with van der Waals surface area (Å²) in [6.45, 7) is 2.65. The Hall–Kier alpha value is -2.51. The van der Waals surface area contributed by atoms with Crippen molar-refractivity contribution in [2.45, 2.75) is 55.5 Å². The molecule has 2 heterocycles. The van der Waals surface area contributed by atoms with Gasteiger partial charge in [-0.3, -0.25) is 14.2 Å². The van der Waals surface area contributed by atoms with Crippen molar-refractivity contribution in [1.29, 1.82) is 0 Å². The number of carbonyl (C=O) groups excluding carboxylic acids is 1. The van der Waals surface area contributed by atoms with Crippen LogP contribution in [-0.4, -0.2) is 22.4 Å². The van der Waals surface area contributed by atoms with Crippen LogP contribution in [0.2, 0.25) is 0 Å². The van der Waals surface area contributed by atoms with Gasteiger partial charge >= 0.3 is 10.8 Å². The molecule has 2 bridgehead atoms. The zero-order valence-corrected chi connectivity index (χ0v) is 21.4. The van der Waals surface area contributed by atoms with Crippen molar-refractivity contribution in [3.8, 4) is 5.75 Å². The quantitative estimate of drug-likeness (QED) is 0.384. The Kier molecular flexibility index (Phi) is 6.23. The zero-order chi connectivity index (χ0) is 23.9. The molecule has 3 aromatic rings. The van der Waals surface area contributed by atoms with Gasteiger partial charge in [0.05, 0.1) is 11.6 Å². The van der Waals surface area contributed by atoms with Crippen LogP contribution in [0, 0.1) is 17.8 Å². The minimum absolute atomic E-state index is 0.00400. The molecular formula is C28H29NO4S2. The first-order valence-corrected chi connectivity index (χ1v) is 14.1. The van der Waals surface area contributed by atoms with Crippen molar-refractivity contribution in [1.82, 2.24) is 4.57 Å². The van der Waals surface area contributed by atoms with Gasteiger partial charge in [0, 0.05) is 16.0 Å². The zero-order valence-electron chi connectivity index (χ0n) is 19.7. The number of rotatable bonds is 7. The van der Waals surface area contributed by atoms with Crippen LogP contribution in [0.25, 0.3) is 0 Å². The third-order valence-electron chi connectivity index (χ3n) is 7.77. The van der Waals surface area contributed by atoms with E-state index in [1.807, 2.05) is 30.0 Å². The number of fused-ring (bicyclic) bond motifs is 6. The Balaban J connectivity index is 1.32. The average molecular weight is 508 g/mol. The van der Waals surface area contributed by atoms with Crippen LogP contribution in [0.1, 0.15) is 48.1 Å². The maximum atomic E-state index is 13.0.